The molecule has 3 N–H and O–H groups in total. The van der Waals surface area contributed by atoms with Gasteiger partial charge >= 0.3 is 5.97 Å². The Balaban J connectivity index is 1.86. The quantitative estimate of drug-likeness (QED) is 0.416. The zero-order valence-electron chi connectivity index (χ0n) is 18.7. The van der Waals surface area contributed by atoms with Crippen LogP contribution in [-0.4, -0.2) is 35.3 Å². The number of pyridine rings is 2. The fourth-order valence-corrected chi connectivity index (χ4v) is 5.66. The van der Waals surface area contributed by atoms with Crippen molar-refractivity contribution in [2.45, 2.75) is 50.0 Å². The van der Waals surface area contributed by atoms with Crippen LogP contribution in [0.5, 0.6) is 0 Å². The fourth-order valence-electron chi connectivity index (χ4n) is 4.92. The largest absolute Gasteiger partial charge is 0.458 e. The van der Waals surface area contributed by atoms with Gasteiger partial charge < -0.3 is 20.1 Å². The van der Waals surface area contributed by atoms with Crippen LogP contribution in [0.15, 0.2) is 27.9 Å². The number of sulfone groups is 1. The van der Waals surface area contributed by atoms with Gasteiger partial charge in [0.2, 0.25) is 0 Å². The number of hydrogen-bond donors (Lipinski definition) is 2. The van der Waals surface area contributed by atoms with Gasteiger partial charge in [-0.25, -0.2) is 22.6 Å². The highest BCUT2D eigenvalue weighted by atomic mass is 32.2. The molecule has 0 amide bonds. The third-order valence-electron chi connectivity index (χ3n) is 6.64. The van der Waals surface area contributed by atoms with E-state index in [9.17, 15) is 27.5 Å². The topological polar surface area (TPSA) is 142 Å². The van der Waals surface area contributed by atoms with Gasteiger partial charge in [-0.3, -0.25) is 4.79 Å². The maximum atomic E-state index is 14.7. The van der Waals surface area contributed by atoms with Gasteiger partial charge in [0.05, 0.1) is 29.0 Å². The number of benzene rings is 1. The van der Waals surface area contributed by atoms with Crippen molar-refractivity contribution in [2.24, 2.45) is 5.73 Å². The molecule has 0 saturated carbocycles. The highest BCUT2D eigenvalue weighted by Gasteiger charge is 2.45. The van der Waals surface area contributed by atoms with Crippen LogP contribution in [0.4, 0.5) is 4.39 Å². The molecule has 178 valence electrons. The summed E-state index contributed by atoms with van der Waals surface area (Å²) in [4.78, 5) is 29.8. The van der Waals surface area contributed by atoms with E-state index in [1.807, 2.05) is 0 Å². The molecule has 0 saturated heterocycles. The molecule has 5 rings (SSSR count). The van der Waals surface area contributed by atoms with Crippen LogP contribution < -0.4 is 11.3 Å². The monoisotopic (exact) mass is 487 g/mol. The summed E-state index contributed by atoms with van der Waals surface area (Å²) in [6.45, 7) is 3.15. The van der Waals surface area contributed by atoms with Crippen LogP contribution in [0.3, 0.4) is 0 Å². The van der Waals surface area contributed by atoms with E-state index in [0.717, 1.165) is 12.3 Å². The Morgan fingerprint density at radius 2 is 2.00 bits per heavy atom. The van der Waals surface area contributed by atoms with E-state index < -0.39 is 43.7 Å². The number of aromatic nitrogens is 2. The molecule has 3 aromatic rings. The van der Waals surface area contributed by atoms with Crippen LogP contribution >= 0.6 is 0 Å². The fraction of sp³-hybridized carbons (Fsp3) is 0.348. The number of carbonyl (C=O) groups is 1. The average molecular weight is 488 g/mol. The van der Waals surface area contributed by atoms with E-state index in [1.54, 1.807) is 19.9 Å². The highest BCUT2D eigenvalue weighted by Crippen LogP contribution is 2.41. The van der Waals surface area contributed by atoms with Crippen molar-refractivity contribution in [3.63, 3.8) is 0 Å². The van der Waals surface area contributed by atoms with Gasteiger partial charge in [-0.1, -0.05) is 6.92 Å². The normalized spacial score (nSPS) is 20.0. The summed E-state index contributed by atoms with van der Waals surface area (Å²) in [6, 6.07) is 3.23. The molecule has 4 heterocycles. The number of esters is 1. The predicted molar refractivity (Wildman–Crippen MR) is 120 cm³/mol. The van der Waals surface area contributed by atoms with Crippen LogP contribution in [-0.2, 0) is 38.1 Å². The van der Waals surface area contributed by atoms with Crippen LogP contribution in [0.25, 0.3) is 22.3 Å². The summed E-state index contributed by atoms with van der Waals surface area (Å²) in [7, 11) is -3.85. The molecule has 0 bridgehead atoms. The van der Waals surface area contributed by atoms with E-state index in [-0.39, 0.29) is 36.2 Å². The smallest absolute Gasteiger partial charge is 0.343 e. The third-order valence-corrected chi connectivity index (χ3v) is 7.75. The lowest BCUT2D eigenvalue weighted by atomic mass is 9.86. The molecule has 34 heavy (non-hydrogen) atoms. The maximum Gasteiger partial charge on any atom is 0.343 e. The number of fused-ring (bicyclic) bond motifs is 5. The second kappa shape index (κ2) is 7.17. The van der Waals surface area contributed by atoms with Crippen molar-refractivity contribution in [3.05, 3.63) is 56.6 Å². The second-order valence-corrected chi connectivity index (χ2v) is 10.8. The van der Waals surface area contributed by atoms with E-state index in [0.29, 0.717) is 27.9 Å². The Morgan fingerprint density at radius 3 is 2.62 bits per heavy atom. The molecule has 1 aromatic carbocycles. The Bertz CT molecular complexity index is 1590. The summed E-state index contributed by atoms with van der Waals surface area (Å²) in [6.07, 6.45) is 0.923. The minimum absolute atomic E-state index is 0.00426. The van der Waals surface area contributed by atoms with Gasteiger partial charge in [0, 0.05) is 34.9 Å². The van der Waals surface area contributed by atoms with Gasteiger partial charge in [0.1, 0.15) is 17.3 Å². The number of cyclic esters (lactones) is 1. The summed E-state index contributed by atoms with van der Waals surface area (Å²) in [5.41, 5.74) is 6.25. The standard InChI is InChI=1S/C23H22FN3O6S/c1-4-23(30)14-6-17-20-12(8-27(17)21(28)13(14)9-33-22(23)29)19(10(2)25)11-5-18(34(3,31)32)15(24)7-16(11)26-20/h5-7,10,30H,4,8-9,25H2,1-3H3/t10-,23-/m0/s1. The van der Waals surface area contributed by atoms with Crippen LogP contribution in [0, 0.1) is 5.82 Å². The molecule has 0 radical (unpaired) electrons. The van der Waals surface area contributed by atoms with Crippen LogP contribution in [0.2, 0.25) is 0 Å². The average Bonchev–Trinajstić information content (AvgIpc) is 3.12. The van der Waals surface area contributed by atoms with Gasteiger partial charge in [-0.05, 0) is 31.0 Å². The SMILES string of the molecule is CC[C@@]1(O)C(=O)OCc2c1cc1n(c2=O)Cc2c-1nc1cc(F)c(S(C)(=O)=O)cc1c2[C@H](C)N. The first kappa shape index (κ1) is 22.6. The minimum Gasteiger partial charge on any atom is -0.458 e. The summed E-state index contributed by atoms with van der Waals surface area (Å²) in [5, 5.41) is 11.4. The first-order valence-electron chi connectivity index (χ1n) is 10.7. The summed E-state index contributed by atoms with van der Waals surface area (Å²) < 4.78 is 45.4. The number of halogens is 1. The van der Waals surface area contributed by atoms with E-state index in [2.05, 4.69) is 4.98 Å². The molecule has 0 aliphatic carbocycles. The lowest BCUT2D eigenvalue weighted by Crippen LogP contribution is -2.44. The van der Waals surface area contributed by atoms with Crippen molar-refractivity contribution < 1.29 is 27.4 Å². The van der Waals surface area contributed by atoms with E-state index in [4.69, 9.17) is 10.5 Å². The Morgan fingerprint density at radius 1 is 1.29 bits per heavy atom. The number of hydrogen-bond acceptors (Lipinski definition) is 8. The molecule has 2 aliphatic heterocycles. The number of aliphatic hydroxyl groups is 1. The van der Waals surface area contributed by atoms with Crippen molar-refractivity contribution in [1.82, 2.24) is 9.55 Å². The Hall–Kier alpha value is -3.15. The number of rotatable bonds is 3. The van der Waals surface area contributed by atoms with Gasteiger partial charge in [0.25, 0.3) is 5.56 Å². The number of carbonyl (C=O) groups excluding carboxylic acids is 1. The van der Waals surface area contributed by atoms with Gasteiger partial charge in [0.15, 0.2) is 15.4 Å². The molecule has 0 unspecified atom stereocenters. The van der Waals surface area contributed by atoms with Crippen molar-refractivity contribution in [1.29, 1.82) is 0 Å². The van der Waals surface area contributed by atoms with Gasteiger partial charge in [-0.2, -0.15) is 0 Å². The second-order valence-electron chi connectivity index (χ2n) is 8.82. The van der Waals surface area contributed by atoms with Crippen molar-refractivity contribution in [2.75, 3.05) is 6.26 Å². The zero-order valence-corrected chi connectivity index (χ0v) is 19.5. The molecule has 9 nitrogen and oxygen atoms in total. The minimum atomic E-state index is -3.85. The molecule has 0 fully saturated rings. The van der Waals surface area contributed by atoms with E-state index >= 15 is 0 Å². The molecule has 2 aliphatic rings. The van der Waals surface area contributed by atoms with Gasteiger partial charge in [-0.15, -0.1) is 0 Å². The molecular formula is C23H22FN3O6S. The van der Waals surface area contributed by atoms with Crippen molar-refractivity contribution in [3.8, 4) is 11.4 Å². The lowest BCUT2D eigenvalue weighted by molar-refractivity contribution is -0.172. The maximum absolute atomic E-state index is 14.7. The first-order valence-corrected chi connectivity index (χ1v) is 12.6. The van der Waals surface area contributed by atoms with E-state index in [1.165, 1.54) is 10.6 Å². The third kappa shape index (κ3) is 2.97. The number of nitrogens with zero attached hydrogens (tertiary/aromatic N) is 2. The molecular weight excluding hydrogens is 465 g/mol. The highest BCUT2D eigenvalue weighted by molar-refractivity contribution is 7.90. The number of nitrogens with two attached hydrogens (primary N) is 1. The Labute approximate surface area is 193 Å². The molecule has 0 spiro atoms. The van der Waals surface area contributed by atoms with Crippen LogP contribution in [0.1, 0.15) is 48.6 Å². The first-order chi connectivity index (χ1) is 15.9. The molecule has 2 aromatic heterocycles. The predicted octanol–water partition coefficient (Wildman–Crippen LogP) is 1.64. The molecule has 2 atom stereocenters. The molecule has 11 heteroatoms. The van der Waals surface area contributed by atoms with Crippen molar-refractivity contribution >= 4 is 26.7 Å². The zero-order chi connectivity index (χ0) is 24.7. The Kier molecular flexibility index (Phi) is 4.78. The summed E-state index contributed by atoms with van der Waals surface area (Å²) >= 11 is 0. The lowest BCUT2D eigenvalue weighted by Gasteiger charge is -2.31. The number of ether oxygens (including phenoxy) is 1. The summed E-state index contributed by atoms with van der Waals surface area (Å²) in [5.74, 6) is -1.77.